The quantitative estimate of drug-likeness (QED) is 0.640. The van der Waals surface area contributed by atoms with Gasteiger partial charge < -0.3 is 26.0 Å². The molecule has 0 aromatic heterocycles. The van der Waals surface area contributed by atoms with Gasteiger partial charge in [0.15, 0.2) is 0 Å². The number of carbonyl (C=O) groups is 1. The molecule has 110 valence electrons. The minimum atomic E-state index is -0.461. The minimum absolute atomic E-state index is 0.0793. The number of nitrogens with two attached hydrogens (primary N) is 1. The summed E-state index contributed by atoms with van der Waals surface area (Å²) >= 11 is 0. The van der Waals surface area contributed by atoms with Gasteiger partial charge in [-0.15, -0.1) is 0 Å². The Morgan fingerprint density at radius 3 is 2.67 bits per heavy atom. The van der Waals surface area contributed by atoms with E-state index in [-0.39, 0.29) is 23.6 Å². The molecule has 2 rings (SSSR count). The Hall–Kier alpha value is -2.89. The number of anilines is 1. The normalized spacial score (nSPS) is 10.1. The smallest absolute Gasteiger partial charge is 0.255 e. The fourth-order valence-electron chi connectivity index (χ4n) is 1.92. The SMILES string of the molecule is COc1ccc(N)cc1CNC(=O)c1ccc(O)cc1O. The topological polar surface area (TPSA) is 105 Å². The highest BCUT2D eigenvalue weighted by molar-refractivity contribution is 5.97. The molecule has 0 atom stereocenters. The molecule has 0 heterocycles. The molecule has 0 saturated carbocycles. The van der Waals surface area contributed by atoms with Crippen molar-refractivity contribution in [3.8, 4) is 17.2 Å². The summed E-state index contributed by atoms with van der Waals surface area (Å²) in [7, 11) is 1.53. The number of hydrogen-bond donors (Lipinski definition) is 4. The third kappa shape index (κ3) is 3.36. The Kier molecular flexibility index (Phi) is 4.18. The molecule has 5 N–H and O–H groups in total. The fraction of sp³-hybridized carbons (Fsp3) is 0.133. The molecule has 21 heavy (non-hydrogen) atoms. The van der Waals surface area contributed by atoms with Gasteiger partial charge in [0.1, 0.15) is 17.2 Å². The van der Waals surface area contributed by atoms with Crippen molar-refractivity contribution in [3.63, 3.8) is 0 Å². The molecule has 0 aliphatic rings. The zero-order valence-corrected chi connectivity index (χ0v) is 11.5. The Labute approximate surface area is 121 Å². The summed E-state index contributed by atoms with van der Waals surface area (Å²) in [4.78, 5) is 12.0. The van der Waals surface area contributed by atoms with Crippen LogP contribution < -0.4 is 15.8 Å². The van der Waals surface area contributed by atoms with Gasteiger partial charge in [-0.2, -0.15) is 0 Å². The number of nitrogens with one attached hydrogen (secondary N) is 1. The van der Waals surface area contributed by atoms with E-state index in [0.717, 1.165) is 11.6 Å². The van der Waals surface area contributed by atoms with Gasteiger partial charge in [-0.1, -0.05) is 0 Å². The Balaban J connectivity index is 2.12. The van der Waals surface area contributed by atoms with Crippen molar-refractivity contribution in [1.82, 2.24) is 5.32 Å². The van der Waals surface area contributed by atoms with Gasteiger partial charge in [-0.3, -0.25) is 4.79 Å². The van der Waals surface area contributed by atoms with Gasteiger partial charge in [-0.05, 0) is 30.3 Å². The van der Waals surface area contributed by atoms with Crippen molar-refractivity contribution >= 4 is 11.6 Å². The van der Waals surface area contributed by atoms with Crippen LogP contribution in [0.2, 0.25) is 0 Å². The third-order valence-electron chi connectivity index (χ3n) is 2.97. The number of ether oxygens (including phenoxy) is 1. The number of carbonyl (C=O) groups excluding carboxylic acids is 1. The van der Waals surface area contributed by atoms with E-state index < -0.39 is 5.91 Å². The molecule has 6 nitrogen and oxygen atoms in total. The molecule has 1 amide bonds. The number of phenols is 2. The summed E-state index contributed by atoms with van der Waals surface area (Å²) < 4.78 is 5.19. The highest BCUT2D eigenvalue weighted by atomic mass is 16.5. The maximum Gasteiger partial charge on any atom is 0.255 e. The zero-order valence-electron chi connectivity index (χ0n) is 11.5. The Bertz CT molecular complexity index is 671. The van der Waals surface area contributed by atoms with Crippen molar-refractivity contribution in [2.45, 2.75) is 6.54 Å². The number of phenolic OH excluding ortho intramolecular Hbond substituents is 2. The summed E-state index contributed by atoms with van der Waals surface area (Å²) in [5, 5.41) is 21.5. The molecule has 0 fully saturated rings. The van der Waals surface area contributed by atoms with E-state index in [9.17, 15) is 15.0 Å². The molecule has 6 heteroatoms. The Morgan fingerprint density at radius 1 is 1.24 bits per heavy atom. The van der Waals surface area contributed by atoms with Crippen LogP contribution in [0.15, 0.2) is 36.4 Å². The number of methoxy groups -OCH3 is 1. The zero-order chi connectivity index (χ0) is 15.4. The molecule has 2 aromatic rings. The molecule has 0 aliphatic carbocycles. The first kappa shape index (κ1) is 14.5. The van der Waals surface area contributed by atoms with Crippen molar-refractivity contribution in [2.24, 2.45) is 0 Å². The van der Waals surface area contributed by atoms with E-state index >= 15 is 0 Å². The minimum Gasteiger partial charge on any atom is -0.508 e. The molecule has 2 aromatic carbocycles. The standard InChI is InChI=1S/C15H16N2O4/c1-21-14-5-2-10(16)6-9(14)8-17-15(20)12-4-3-11(18)7-13(12)19/h2-7,18-19H,8,16H2,1H3,(H,17,20). The number of benzene rings is 2. The van der Waals surface area contributed by atoms with Crippen LogP contribution in [-0.2, 0) is 6.54 Å². The van der Waals surface area contributed by atoms with E-state index in [4.69, 9.17) is 10.5 Å². The first-order valence-corrected chi connectivity index (χ1v) is 6.24. The van der Waals surface area contributed by atoms with Crippen LogP contribution >= 0.6 is 0 Å². The highest BCUT2D eigenvalue weighted by Crippen LogP contribution is 2.23. The second-order valence-electron chi connectivity index (χ2n) is 4.46. The first-order chi connectivity index (χ1) is 10.0. The second kappa shape index (κ2) is 6.04. The maximum atomic E-state index is 12.0. The van der Waals surface area contributed by atoms with E-state index in [1.165, 1.54) is 19.2 Å². The molecule has 0 saturated heterocycles. The summed E-state index contributed by atoms with van der Waals surface area (Å²) in [5.74, 6) is -0.245. The van der Waals surface area contributed by atoms with Crippen molar-refractivity contribution < 1.29 is 19.7 Å². The lowest BCUT2D eigenvalue weighted by Gasteiger charge is -2.11. The first-order valence-electron chi connectivity index (χ1n) is 6.24. The van der Waals surface area contributed by atoms with E-state index in [1.807, 2.05) is 0 Å². The molecular weight excluding hydrogens is 272 g/mol. The summed E-state index contributed by atoms with van der Waals surface area (Å²) in [5.41, 5.74) is 7.07. The van der Waals surface area contributed by atoms with Gasteiger partial charge in [0.05, 0.1) is 12.7 Å². The van der Waals surface area contributed by atoms with Crippen molar-refractivity contribution in [2.75, 3.05) is 12.8 Å². The van der Waals surface area contributed by atoms with E-state index in [1.54, 1.807) is 18.2 Å². The number of amides is 1. The number of nitrogen functional groups attached to an aromatic ring is 1. The summed E-state index contributed by atoms with van der Waals surface area (Å²) in [6, 6.07) is 8.91. The average molecular weight is 288 g/mol. The Morgan fingerprint density at radius 2 is 2.00 bits per heavy atom. The van der Waals surface area contributed by atoms with Crippen LogP contribution in [0.5, 0.6) is 17.2 Å². The summed E-state index contributed by atoms with van der Waals surface area (Å²) in [6.07, 6.45) is 0. The number of hydrogen-bond acceptors (Lipinski definition) is 5. The predicted octanol–water partition coefficient (Wildman–Crippen LogP) is 1.62. The van der Waals surface area contributed by atoms with Crippen LogP contribution in [0.4, 0.5) is 5.69 Å². The van der Waals surface area contributed by atoms with Gasteiger partial charge in [0.2, 0.25) is 0 Å². The molecule has 0 aliphatic heterocycles. The lowest BCUT2D eigenvalue weighted by molar-refractivity contribution is 0.0948. The van der Waals surface area contributed by atoms with E-state index in [2.05, 4.69) is 5.32 Å². The van der Waals surface area contributed by atoms with E-state index in [0.29, 0.717) is 11.4 Å². The third-order valence-corrected chi connectivity index (χ3v) is 2.97. The summed E-state index contributed by atoms with van der Waals surface area (Å²) in [6.45, 7) is 0.202. The monoisotopic (exact) mass is 288 g/mol. The molecule has 0 bridgehead atoms. The van der Waals surface area contributed by atoms with Crippen molar-refractivity contribution in [3.05, 3.63) is 47.5 Å². The number of aromatic hydroxyl groups is 2. The van der Waals surface area contributed by atoms with Gasteiger partial charge >= 0.3 is 0 Å². The lowest BCUT2D eigenvalue weighted by Crippen LogP contribution is -2.23. The lowest BCUT2D eigenvalue weighted by atomic mass is 10.1. The van der Waals surface area contributed by atoms with Crippen LogP contribution in [-0.4, -0.2) is 23.2 Å². The van der Waals surface area contributed by atoms with Crippen LogP contribution in [0.1, 0.15) is 15.9 Å². The average Bonchev–Trinajstić information content (AvgIpc) is 2.45. The van der Waals surface area contributed by atoms with Crippen molar-refractivity contribution in [1.29, 1.82) is 0 Å². The highest BCUT2D eigenvalue weighted by Gasteiger charge is 2.12. The molecule has 0 radical (unpaired) electrons. The molecule has 0 spiro atoms. The number of rotatable bonds is 4. The molecule has 0 unspecified atom stereocenters. The largest absolute Gasteiger partial charge is 0.508 e. The van der Waals surface area contributed by atoms with Gasteiger partial charge in [-0.25, -0.2) is 0 Å². The second-order valence-corrected chi connectivity index (χ2v) is 4.46. The fourth-order valence-corrected chi connectivity index (χ4v) is 1.92. The van der Waals surface area contributed by atoms with Gasteiger partial charge in [0, 0.05) is 23.9 Å². The van der Waals surface area contributed by atoms with Crippen LogP contribution in [0.3, 0.4) is 0 Å². The van der Waals surface area contributed by atoms with Gasteiger partial charge in [0.25, 0.3) is 5.91 Å². The predicted molar refractivity (Wildman–Crippen MR) is 78.3 cm³/mol. The van der Waals surface area contributed by atoms with Crippen LogP contribution in [0.25, 0.3) is 0 Å². The maximum absolute atomic E-state index is 12.0. The molecular formula is C15H16N2O4. The van der Waals surface area contributed by atoms with Crippen LogP contribution in [0, 0.1) is 0 Å².